The van der Waals surface area contributed by atoms with Gasteiger partial charge in [0.25, 0.3) is 0 Å². The van der Waals surface area contributed by atoms with Crippen molar-refractivity contribution in [2.24, 2.45) is 0 Å². The molecule has 17 heavy (non-hydrogen) atoms. The predicted molar refractivity (Wildman–Crippen MR) is 74.6 cm³/mol. The highest BCUT2D eigenvalue weighted by Gasteiger charge is 2.07. The monoisotopic (exact) mass is 297 g/mol. The highest BCUT2D eigenvalue weighted by Crippen LogP contribution is 2.22. The SMILES string of the molecule is FCCc1cn(CCCCBr)c2ccccc12. The average Bonchev–Trinajstić information content (AvgIpc) is 2.70. The van der Waals surface area contributed by atoms with Gasteiger partial charge < -0.3 is 4.57 Å². The highest BCUT2D eigenvalue weighted by molar-refractivity contribution is 9.09. The molecule has 3 heteroatoms. The molecule has 1 aromatic heterocycles. The average molecular weight is 298 g/mol. The van der Waals surface area contributed by atoms with Crippen LogP contribution in [0.3, 0.4) is 0 Å². The fraction of sp³-hybridized carbons (Fsp3) is 0.429. The van der Waals surface area contributed by atoms with Gasteiger partial charge >= 0.3 is 0 Å². The lowest BCUT2D eigenvalue weighted by molar-refractivity contribution is 0.495. The molecule has 0 atom stereocenters. The summed E-state index contributed by atoms with van der Waals surface area (Å²) in [6.07, 6.45) is 4.95. The van der Waals surface area contributed by atoms with Crippen LogP contribution in [-0.2, 0) is 13.0 Å². The number of aromatic nitrogens is 1. The molecule has 0 aliphatic carbocycles. The van der Waals surface area contributed by atoms with Gasteiger partial charge in [0.15, 0.2) is 0 Å². The second-order valence-corrected chi connectivity index (χ2v) is 4.99. The first-order valence-corrected chi connectivity index (χ1v) is 7.17. The van der Waals surface area contributed by atoms with E-state index in [2.05, 4.69) is 38.8 Å². The molecule has 0 saturated heterocycles. The number of benzene rings is 1. The second-order valence-electron chi connectivity index (χ2n) is 4.20. The third-order valence-corrected chi connectivity index (χ3v) is 3.58. The maximum atomic E-state index is 12.5. The third-order valence-electron chi connectivity index (χ3n) is 3.02. The number of alkyl halides is 2. The lowest BCUT2D eigenvalue weighted by atomic mass is 10.1. The van der Waals surface area contributed by atoms with E-state index in [0.29, 0.717) is 6.42 Å². The summed E-state index contributed by atoms with van der Waals surface area (Å²) in [6, 6.07) is 8.27. The van der Waals surface area contributed by atoms with Crippen LogP contribution in [0.2, 0.25) is 0 Å². The van der Waals surface area contributed by atoms with E-state index in [-0.39, 0.29) is 6.67 Å². The fourth-order valence-electron chi connectivity index (χ4n) is 2.19. The minimum Gasteiger partial charge on any atom is -0.347 e. The van der Waals surface area contributed by atoms with Crippen LogP contribution in [0.25, 0.3) is 10.9 Å². The minimum atomic E-state index is -0.282. The van der Waals surface area contributed by atoms with E-state index in [0.717, 1.165) is 23.9 Å². The summed E-state index contributed by atoms with van der Waals surface area (Å²) in [5.41, 5.74) is 2.35. The van der Waals surface area contributed by atoms with E-state index in [1.54, 1.807) is 0 Å². The molecule has 0 spiro atoms. The number of nitrogens with zero attached hydrogens (tertiary/aromatic N) is 1. The summed E-state index contributed by atoms with van der Waals surface area (Å²) >= 11 is 3.44. The van der Waals surface area contributed by atoms with Gasteiger partial charge in [0, 0.05) is 35.4 Å². The molecule has 92 valence electrons. The highest BCUT2D eigenvalue weighted by atomic mass is 79.9. The van der Waals surface area contributed by atoms with Crippen molar-refractivity contribution in [1.82, 2.24) is 4.57 Å². The Balaban J connectivity index is 2.28. The standard InChI is InChI=1S/C14H17BrFN/c15-8-3-4-10-17-11-12(7-9-16)13-5-1-2-6-14(13)17/h1-2,5-6,11H,3-4,7-10H2. The molecule has 0 unspecified atom stereocenters. The number of fused-ring (bicyclic) bond motifs is 1. The minimum absolute atomic E-state index is 0.282. The van der Waals surface area contributed by atoms with Gasteiger partial charge in [-0.2, -0.15) is 0 Å². The van der Waals surface area contributed by atoms with Crippen LogP contribution in [0, 0.1) is 0 Å². The Kier molecular flexibility index (Phi) is 4.60. The van der Waals surface area contributed by atoms with Gasteiger partial charge in [-0.3, -0.25) is 4.39 Å². The fourth-order valence-corrected chi connectivity index (χ4v) is 2.58. The molecular weight excluding hydrogens is 281 g/mol. The van der Waals surface area contributed by atoms with Crippen molar-refractivity contribution < 1.29 is 4.39 Å². The van der Waals surface area contributed by atoms with Crippen LogP contribution in [0.1, 0.15) is 18.4 Å². The number of para-hydroxylation sites is 1. The molecule has 0 fully saturated rings. The zero-order valence-electron chi connectivity index (χ0n) is 9.83. The first-order chi connectivity index (χ1) is 8.36. The molecule has 0 bridgehead atoms. The Hall–Kier alpha value is -0.830. The normalized spacial score (nSPS) is 11.2. The van der Waals surface area contributed by atoms with Crippen LogP contribution in [-0.4, -0.2) is 16.6 Å². The lowest BCUT2D eigenvalue weighted by Crippen LogP contribution is -1.96. The van der Waals surface area contributed by atoms with Crippen LogP contribution in [0.4, 0.5) is 4.39 Å². The zero-order valence-corrected chi connectivity index (χ0v) is 11.4. The molecule has 0 aliphatic heterocycles. The van der Waals surface area contributed by atoms with Gasteiger partial charge in [-0.1, -0.05) is 34.1 Å². The molecule has 1 nitrogen and oxygen atoms in total. The van der Waals surface area contributed by atoms with E-state index in [1.165, 1.54) is 17.3 Å². The summed E-state index contributed by atoms with van der Waals surface area (Å²) < 4.78 is 14.8. The van der Waals surface area contributed by atoms with Gasteiger partial charge in [-0.25, -0.2) is 0 Å². The molecule has 1 aromatic carbocycles. The Morgan fingerprint density at radius 1 is 1.18 bits per heavy atom. The Morgan fingerprint density at radius 3 is 2.76 bits per heavy atom. The summed E-state index contributed by atoms with van der Waals surface area (Å²) in [5.74, 6) is 0. The smallest absolute Gasteiger partial charge is 0.0935 e. The molecule has 2 rings (SSSR count). The van der Waals surface area contributed by atoms with Crippen molar-refractivity contribution in [1.29, 1.82) is 0 Å². The van der Waals surface area contributed by atoms with Crippen molar-refractivity contribution in [3.63, 3.8) is 0 Å². The van der Waals surface area contributed by atoms with Crippen molar-refractivity contribution in [2.45, 2.75) is 25.8 Å². The van der Waals surface area contributed by atoms with Crippen LogP contribution >= 0.6 is 15.9 Å². The first kappa shape index (κ1) is 12.6. The summed E-state index contributed by atoms with van der Waals surface area (Å²) in [6.45, 7) is 0.730. The lowest BCUT2D eigenvalue weighted by Gasteiger charge is -2.03. The van der Waals surface area contributed by atoms with E-state index in [9.17, 15) is 4.39 Å². The van der Waals surface area contributed by atoms with E-state index < -0.39 is 0 Å². The maximum Gasteiger partial charge on any atom is 0.0935 e. The molecule has 2 aromatic rings. The first-order valence-electron chi connectivity index (χ1n) is 6.05. The van der Waals surface area contributed by atoms with Crippen molar-refractivity contribution in [3.8, 4) is 0 Å². The topological polar surface area (TPSA) is 4.93 Å². The molecular formula is C14H17BrFN. The number of aryl methyl sites for hydroxylation is 2. The van der Waals surface area contributed by atoms with Gasteiger partial charge in [-0.15, -0.1) is 0 Å². The van der Waals surface area contributed by atoms with E-state index >= 15 is 0 Å². The maximum absolute atomic E-state index is 12.5. The van der Waals surface area contributed by atoms with Crippen LogP contribution in [0.15, 0.2) is 30.5 Å². The third kappa shape index (κ3) is 2.89. The predicted octanol–water partition coefficient (Wildman–Crippen LogP) is 4.33. The number of hydrogen-bond donors (Lipinski definition) is 0. The quantitative estimate of drug-likeness (QED) is 0.552. The van der Waals surface area contributed by atoms with Gasteiger partial charge in [0.1, 0.15) is 0 Å². The van der Waals surface area contributed by atoms with Crippen LogP contribution in [0.5, 0.6) is 0 Å². The Labute approximate surface area is 110 Å². The Morgan fingerprint density at radius 2 is 2.00 bits per heavy atom. The summed E-state index contributed by atoms with van der Waals surface area (Å²) in [7, 11) is 0. The summed E-state index contributed by atoms with van der Waals surface area (Å²) in [4.78, 5) is 0. The van der Waals surface area contributed by atoms with Crippen LogP contribution < -0.4 is 0 Å². The van der Waals surface area contributed by atoms with Crippen molar-refractivity contribution in [2.75, 3.05) is 12.0 Å². The number of rotatable bonds is 6. The Bertz CT molecular complexity index is 478. The molecule has 0 N–H and O–H groups in total. The zero-order chi connectivity index (χ0) is 12.1. The number of unbranched alkanes of at least 4 members (excludes halogenated alkanes) is 1. The molecule has 0 radical (unpaired) electrons. The molecule has 0 amide bonds. The second kappa shape index (κ2) is 6.20. The molecule has 0 saturated carbocycles. The van der Waals surface area contributed by atoms with E-state index in [4.69, 9.17) is 0 Å². The number of halogens is 2. The number of hydrogen-bond acceptors (Lipinski definition) is 0. The van der Waals surface area contributed by atoms with Gasteiger partial charge in [0.05, 0.1) is 6.67 Å². The van der Waals surface area contributed by atoms with E-state index in [1.807, 2.05) is 12.1 Å². The summed E-state index contributed by atoms with van der Waals surface area (Å²) in [5, 5.41) is 2.24. The van der Waals surface area contributed by atoms with Gasteiger partial charge in [0.2, 0.25) is 0 Å². The van der Waals surface area contributed by atoms with Gasteiger partial charge in [-0.05, 0) is 24.5 Å². The van der Waals surface area contributed by atoms with Crippen molar-refractivity contribution >= 4 is 26.8 Å². The molecule has 0 aliphatic rings. The molecule has 1 heterocycles. The van der Waals surface area contributed by atoms with Crippen molar-refractivity contribution in [3.05, 3.63) is 36.0 Å². The largest absolute Gasteiger partial charge is 0.347 e.